The first-order valence-electron chi connectivity index (χ1n) is 12.1. The molecule has 3 heterocycles. The Morgan fingerprint density at radius 2 is 1.84 bits per heavy atom. The quantitative estimate of drug-likeness (QED) is 0.420. The van der Waals surface area contributed by atoms with E-state index in [1.54, 1.807) is 30.3 Å². The number of fused-ring (bicyclic) bond motifs is 2. The van der Waals surface area contributed by atoms with E-state index in [2.05, 4.69) is 10.2 Å². The second-order valence-corrected chi connectivity index (χ2v) is 13.6. The van der Waals surface area contributed by atoms with Crippen molar-refractivity contribution < 1.29 is 17.9 Å². The van der Waals surface area contributed by atoms with Crippen LogP contribution in [0.4, 0.5) is 0 Å². The summed E-state index contributed by atoms with van der Waals surface area (Å²) in [6.07, 6.45) is 3.70. The van der Waals surface area contributed by atoms with Gasteiger partial charge in [0.05, 0.1) is 16.4 Å². The van der Waals surface area contributed by atoms with Crippen LogP contribution in [0.1, 0.15) is 44.1 Å². The first kappa shape index (κ1) is 26.7. The van der Waals surface area contributed by atoms with Crippen molar-refractivity contribution in [2.75, 3.05) is 26.0 Å². The average Bonchev–Trinajstić information content (AvgIpc) is 3.32. The number of nitrogens with one attached hydrogen (secondary N) is 1. The fourth-order valence-corrected chi connectivity index (χ4v) is 7.42. The monoisotopic (exact) mass is 578 g/mol. The van der Waals surface area contributed by atoms with Gasteiger partial charge >= 0.3 is 0 Å². The minimum Gasteiger partial charge on any atom is -0.369 e. The van der Waals surface area contributed by atoms with E-state index in [4.69, 9.17) is 27.9 Å². The Morgan fingerprint density at radius 3 is 2.51 bits per heavy atom. The third-order valence-electron chi connectivity index (χ3n) is 7.07. The molecule has 1 saturated heterocycles. The van der Waals surface area contributed by atoms with Gasteiger partial charge in [0.15, 0.2) is 9.84 Å². The van der Waals surface area contributed by atoms with Crippen molar-refractivity contribution in [3.63, 3.8) is 0 Å². The molecular formula is C27H28Cl2N2O4S2. The molecule has 1 fully saturated rings. The number of rotatable bonds is 6. The lowest BCUT2D eigenvalue weighted by atomic mass is 9.85. The van der Waals surface area contributed by atoms with Gasteiger partial charge in [-0.15, -0.1) is 11.3 Å². The van der Waals surface area contributed by atoms with E-state index in [-0.39, 0.29) is 16.4 Å². The zero-order valence-electron chi connectivity index (χ0n) is 20.4. The zero-order valence-corrected chi connectivity index (χ0v) is 23.6. The Labute approximate surface area is 231 Å². The second kappa shape index (κ2) is 10.7. The van der Waals surface area contributed by atoms with Crippen LogP contribution in [0.15, 0.2) is 53.4 Å². The van der Waals surface area contributed by atoms with Gasteiger partial charge in [0.2, 0.25) is 0 Å². The van der Waals surface area contributed by atoms with Gasteiger partial charge in [-0.05, 0) is 66.3 Å². The molecule has 1 N–H and O–H groups in total. The highest BCUT2D eigenvalue weighted by Crippen LogP contribution is 2.45. The fraction of sp³-hybridized carbons (Fsp3) is 0.370. The highest BCUT2D eigenvalue weighted by atomic mass is 35.5. The van der Waals surface area contributed by atoms with Crippen LogP contribution in [0, 0.1) is 0 Å². The molecule has 0 radical (unpaired) electrons. The van der Waals surface area contributed by atoms with Gasteiger partial charge in [-0.1, -0.05) is 41.4 Å². The van der Waals surface area contributed by atoms with Crippen LogP contribution in [-0.4, -0.2) is 45.2 Å². The summed E-state index contributed by atoms with van der Waals surface area (Å²) in [5.74, 6) is -0.128. The van der Waals surface area contributed by atoms with Crippen LogP contribution in [0.3, 0.4) is 0 Å². The molecule has 3 aromatic rings. The number of hydrogen-bond donors (Lipinski definition) is 1. The highest BCUT2D eigenvalue weighted by Gasteiger charge is 2.42. The number of nitrogens with zero attached hydrogens (tertiary/aromatic N) is 1. The summed E-state index contributed by atoms with van der Waals surface area (Å²) in [6, 6.07) is 14.2. The summed E-state index contributed by atoms with van der Waals surface area (Å²) in [7, 11) is -3.24. The maximum absolute atomic E-state index is 13.0. The average molecular weight is 580 g/mol. The van der Waals surface area contributed by atoms with Crippen molar-refractivity contribution in [3.05, 3.63) is 85.0 Å². The molecule has 1 aromatic heterocycles. The Morgan fingerprint density at radius 1 is 1.11 bits per heavy atom. The lowest BCUT2D eigenvalue weighted by molar-refractivity contribution is -0.0960. The molecule has 0 atom stereocenters. The van der Waals surface area contributed by atoms with E-state index in [0.717, 1.165) is 50.0 Å². The zero-order chi connectivity index (χ0) is 26.2. The topological polar surface area (TPSA) is 75.7 Å². The summed E-state index contributed by atoms with van der Waals surface area (Å²) in [6.45, 7) is 3.50. The summed E-state index contributed by atoms with van der Waals surface area (Å²) in [4.78, 5) is 17.5. The van der Waals surface area contributed by atoms with Crippen LogP contribution in [-0.2, 0) is 39.7 Å². The van der Waals surface area contributed by atoms with Gasteiger partial charge < -0.3 is 10.1 Å². The first-order valence-corrected chi connectivity index (χ1v) is 15.6. The Hall–Kier alpha value is -1.94. The SMILES string of the molecule is CS(=O)(=O)c1ccc(CNC(=O)c2cc3c(s2)C2(CCN(Cc4ccc(Cl)cc4Cl)CC2)OCC3)cc1. The predicted molar refractivity (Wildman–Crippen MR) is 147 cm³/mol. The number of hydrogen-bond acceptors (Lipinski definition) is 6. The highest BCUT2D eigenvalue weighted by molar-refractivity contribution is 7.90. The normalized spacial score (nSPS) is 17.5. The summed E-state index contributed by atoms with van der Waals surface area (Å²) in [5, 5.41) is 4.29. The molecule has 2 aromatic carbocycles. The van der Waals surface area contributed by atoms with Gasteiger partial charge in [0.25, 0.3) is 5.91 Å². The van der Waals surface area contributed by atoms with Crippen molar-refractivity contribution in [3.8, 4) is 0 Å². The number of likely N-dealkylation sites (tertiary alicyclic amines) is 1. The third-order valence-corrected chi connectivity index (χ3v) is 10.2. The van der Waals surface area contributed by atoms with Crippen molar-refractivity contribution in [1.82, 2.24) is 10.2 Å². The van der Waals surface area contributed by atoms with Crippen LogP contribution in [0.2, 0.25) is 10.0 Å². The van der Waals surface area contributed by atoms with E-state index in [0.29, 0.717) is 28.1 Å². The number of ether oxygens (including phenoxy) is 1. The molecule has 1 spiro atoms. The van der Waals surface area contributed by atoms with Gasteiger partial charge in [-0.3, -0.25) is 9.69 Å². The van der Waals surface area contributed by atoms with Gasteiger partial charge in [0, 0.05) is 47.4 Å². The first-order chi connectivity index (χ1) is 17.6. The fourth-order valence-electron chi connectivity index (χ4n) is 4.99. The molecule has 0 aliphatic carbocycles. The molecule has 0 bridgehead atoms. The second-order valence-electron chi connectivity index (χ2n) is 9.67. The smallest absolute Gasteiger partial charge is 0.261 e. The Kier molecular flexibility index (Phi) is 7.69. The van der Waals surface area contributed by atoms with Crippen molar-refractivity contribution in [1.29, 1.82) is 0 Å². The maximum Gasteiger partial charge on any atom is 0.261 e. The van der Waals surface area contributed by atoms with Gasteiger partial charge in [-0.25, -0.2) is 8.42 Å². The molecule has 2 aliphatic rings. The number of carbonyl (C=O) groups excluding carboxylic acids is 1. The number of benzene rings is 2. The standard InChI is InChI=1S/C27H28Cl2N2O4S2/c1-37(33,34)22-6-2-18(3-7-22)16-30-26(32)24-14-19-8-13-35-27(25(19)36-24)9-11-31(12-10-27)17-20-4-5-21(28)15-23(20)29/h2-7,14-15H,8-13,16-17H2,1H3,(H,30,32). The molecule has 0 saturated carbocycles. The molecule has 0 unspecified atom stereocenters. The van der Waals surface area contributed by atoms with Gasteiger partial charge in [0.1, 0.15) is 5.60 Å². The molecule has 10 heteroatoms. The van der Waals surface area contributed by atoms with Gasteiger partial charge in [-0.2, -0.15) is 0 Å². The van der Waals surface area contributed by atoms with Crippen LogP contribution >= 0.6 is 34.5 Å². The van der Waals surface area contributed by atoms with Crippen LogP contribution in [0.5, 0.6) is 0 Å². The van der Waals surface area contributed by atoms with E-state index < -0.39 is 9.84 Å². The van der Waals surface area contributed by atoms with Crippen molar-refractivity contribution in [2.45, 2.75) is 42.8 Å². The molecular weight excluding hydrogens is 551 g/mol. The van der Waals surface area contributed by atoms with E-state index in [9.17, 15) is 13.2 Å². The molecule has 37 heavy (non-hydrogen) atoms. The Bertz CT molecular complexity index is 1410. The number of carbonyl (C=O) groups is 1. The molecule has 1 amide bonds. The van der Waals surface area contributed by atoms with E-state index in [1.807, 2.05) is 18.2 Å². The third kappa shape index (κ3) is 5.90. The lowest BCUT2D eigenvalue weighted by Crippen LogP contribution is -2.45. The van der Waals surface area contributed by atoms with Crippen molar-refractivity contribution in [2.24, 2.45) is 0 Å². The molecule has 196 valence electrons. The summed E-state index contributed by atoms with van der Waals surface area (Å²) >= 11 is 14.0. The minimum atomic E-state index is -3.24. The largest absolute Gasteiger partial charge is 0.369 e. The summed E-state index contributed by atoms with van der Waals surface area (Å²) in [5.41, 5.74) is 2.76. The van der Waals surface area contributed by atoms with E-state index >= 15 is 0 Å². The number of thiophene rings is 1. The minimum absolute atomic E-state index is 0.128. The number of sulfone groups is 1. The number of halogens is 2. The molecule has 2 aliphatic heterocycles. The number of piperidine rings is 1. The Balaban J connectivity index is 1.23. The predicted octanol–water partition coefficient (Wildman–Crippen LogP) is 5.45. The van der Waals surface area contributed by atoms with Crippen LogP contribution < -0.4 is 5.32 Å². The molecule has 6 nitrogen and oxygen atoms in total. The van der Waals surface area contributed by atoms with Crippen molar-refractivity contribution >= 4 is 50.3 Å². The molecule has 5 rings (SSSR count). The lowest BCUT2D eigenvalue weighted by Gasteiger charge is -2.43. The van der Waals surface area contributed by atoms with Crippen LogP contribution in [0.25, 0.3) is 0 Å². The maximum atomic E-state index is 13.0. The number of amides is 1. The van der Waals surface area contributed by atoms with E-state index in [1.165, 1.54) is 28.0 Å². The summed E-state index contributed by atoms with van der Waals surface area (Å²) < 4.78 is 29.7.